The van der Waals surface area contributed by atoms with Gasteiger partial charge in [0.15, 0.2) is 5.65 Å². The largest absolute Gasteiger partial charge is 0.319 e. The van der Waals surface area contributed by atoms with E-state index in [2.05, 4.69) is 31.3 Å². The number of anilines is 1. The Hall–Kier alpha value is -2.28. The highest BCUT2D eigenvalue weighted by Gasteiger charge is 2.18. The van der Waals surface area contributed by atoms with Crippen LogP contribution in [0.15, 0.2) is 28.7 Å². The predicted octanol–water partition coefficient (Wildman–Crippen LogP) is 3.74. The van der Waals surface area contributed by atoms with E-state index in [1.54, 1.807) is 30.8 Å². The Labute approximate surface area is 140 Å². The van der Waals surface area contributed by atoms with Crippen LogP contribution in [-0.2, 0) is 7.05 Å². The fraction of sp³-hybridized carbons (Fsp3) is 0.188. The summed E-state index contributed by atoms with van der Waals surface area (Å²) in [4.78, 5) is 17.0. The molecule has 7 heteroatoms. The molecule has 0 saturated carbocycles. The highest BCUT2D eigenvalue weighted by molar-refractivity contribution is 9.10. The number of carbonyl (C=O) groups excluding carboxylic acids is 1. The van der Waals surface area contributed by atoms with Gasteiger partial charge in [-0.25, -0.2) is 9.37 Å². The van der Waals surface area contributed by atoms with E-state index in [4.69, 9.17) is 0 Å². The molecule has 5 nitrogen and oxygen atoms in total. The molecule has 118 valence electrons. The summed E-state index contributed by atoms with van der Waals surface area (Å²) in [5, 5.41) is 7.59. The first-order chi connectivity index (χ1) is 10.9. The molecule has 1 N–H and O–H groups in total. The van der Waals surface area contributed by atoms with Crippen molar-refractivity contribution in [2.75, 3.05) is 5.32 Å². The lowest BCUT2D eigenvalue weighted by Crippen LogP contribution is -2.14. The van der Waals surface area contributed by atoms with Crippen LogP contribution in [0.2, 0.25) is 0 Å². The number of rotatable bonds is 2. The molecule has 1 aromatic carbocycles. The van der Waals surface area contributed by atoms with Crippen molar-refractivity contribution in [1.29, 1.82) is 0 Å². The first-order valence-corrected chi connectivity index (χ1v) is 7.73. The third-order valence-electron chi connectivity index (χ3n) is 3.52. The number of hydrogen-bond donors (Lipinski definition) is 1. The summed E-state index contributed by atoms with van der Waals surface area (Å²) >= 11 is 3.19. The summed E-state index contributed by atoms with van der Waals surface area (Å²) in [6.07, 6.45) is 0. The van der Waals surface area contributed by atoms with Crippen LogP contribution in [0.25, 0.3) is 11.0 Å². The number of fused-ring (bicyclic) bond motifs is 1. The van der Waals surface area contributed by atoms with E-state index in [9.17, 15) is 9.18 Å². The molecule has 2 heterocycles. The maximum atomic E-state index is 13.9. The molecular weight excluding hydrogens is 363 g/mol. The van der Waals surface area contributed by atoms with Gasteiger partial charge >= 0.3 is 0 Å². The molecule has 3 rings (SSSR count). The quantitative estimate of drug-likeness (QED) is 0.740. The third-order valence-corrected chi connectivity index (χ3v) is 4.01. The second-order valence-corrected chi connectivity index (χ2v) is 6.21. The van der Waals surface area contributed by atoms with E-state index >= 15 is 0 Å². The molecular formula is C16H14BrFN4O. The van der Waals surface area contributed by atoms with Crippen molar-refractivity contribution < 1.29 is 9.18 Å². The summed E-state index contributed by atoms with van der Waals surface area (Å²) in [6, 6.07) is 6.17. The van der Waals surface area contributed by atoms with Gasteiger partial charge in [0.05, 0.1) is 22.3 Å². The minimum absolute atomic E-state index is 0.127. The van der Waals surface area contributed by atoms with Crippen molar-refractivity contribution in [3.05, 3.63) is 51.5 Å². The molecule has 0 aliphatic rings. The van der Waals surface area contributed by atoms with E-state index in [0.29, 0.717) is 32.5 Å². The van der Waals surface area contributed by atoms with Gasteiger partial charge in [0, 0.05) is 17.2 Å². The number of aromatic nitrogens is 3. The highest BCUT2D eigenvalue weighted by atomic mass is 79.9. The van der Waals surface area contributed by atoms with Gasteiger partial charge < -0.3 is 5.32 Å². The molecule has 0 radical (unpaired) electrons. The normalized spacial score (nSPS) is 11.0. The zero-order valence-electron chi connectivity index (χ0n) is 12.8. The van der Waals surface area contributed by atoms with Crippen LogP contribution < -0.4 is 5.32 Å². The van der Waals surface area contributed by atoms with Gasteiger partial charge in [-0.05, 0) is 38.1 Å². The average molecular weight is 377 g/mol. The maximum Gasteiger partial charge on any atom is 0.256 e. The van der Waals surface area contributed by atoms with Gasteiger partial charge in [0.25, 0.3) is 5.91 Å². The Morgan fingerprint density at radius 1 is 1.30 bits per heavy atom. The van der Waals surface area contributed by atoms with Crippen molar-refractivity contribution in [3.63, 3.8) is 0 Å². The molecule has 23 heavy (non-hydrogen) atoms. The first-order valence-electron chi connectivity index (χ1n) is 6.94. The van der Waals surface area contributed by atoms with Crippen LogP contribution in [0, 0.1) is 19.7 Å². The number of nitrogens with one attached hydrogen (secondary N) is 1. The van der Waals surface area contributed by atoms with Crippen LogP contribution in [0.3, 0.4) is 0 Å². The van der Waals surface area contributed by atoms with Gasteiger partial charge in [0.2, 0.25) is 0 Å². The van der Waals surface area contributed by atoms with Gasteiger partial charge in [0.1, 0.15) is 5.82 Å². The van der Waals surface area contributed by atoms with Crippen LogP contribution in [0.5, 0.6) is 0 Å². The molecule has 0 spiro atoms. The first kappa shape index (κ1) is 15.6. The summed E-state index contributed by atoms with van der Waals surface area (Å²) in [5.74, 6) is -0.893. The molecule has 2 aromatic heterocycles. The van der Waals surface area contributed by atoms with E-state index in [1.165, 1.54) is 12.1 Å². The minimum atomic E-state index is -0.502. The number of pyridine rings is 1. The van der Waals surface area contributed by atoms with Gasteiger partial charge in [-0.15, -0.1) is 0 Å². The Kier molecular flexibility index (Phi) is 3.89. The smallest absolute Gasteiger partial charge is 0.256 e. The van der Waals surface area contributed by atoms with Crippen molar-refractivity contribution in [2.45, 2.75) is 13.8 Å². The summed E-state index contributed by atoms with van der Waals surface area (Å²) in [7, 11) is 1.78. The molecule has 0 aliphatic heterocycles. The van der Waals surface area contributed by atoms with E-state index < -0.39 is 11.7 Å². The number of halogens is 2. The van der Waals surface area contributed by atoms with Crippen molar-refractivity contribution in [3.8, 4) is 0 Å². The molecule has 3 aromatic rings. The third kappa shape index (κ3) is 2.84. The lowest BCUT2D eigenvalue weighted by molar-refractivity contribution is 0.102. The molecule has 0 atom stereocenters. The molecule has 0 fully saturated rings. The number of hydrogen-bond acceptors (Lipinski definition) is 3. The van der Waals surface area contributed by atoms with Crippen molar-refractivity contribution in [2.24, 2.45) is 7.05 Å². The topological polar surface area (TPSA) is 59.8 Å². The lowest BCUT2D eigenvalue weighted by atomic mass is 10.1. The minimum Gasteiger partial charge on any atom is -0.319 e. The molecule has 0 bridgehead atoms. The second kappa shape index (κ2) is 5.73. The van der Waals surface area contributed by atoms with Gasteiger partial charge in [-0.3, -0.25) is 9.48 Å². The maximum absolute atomic E-state index is 13.9. The fourth-order valence-corrected chi connectivity index (χ4v) is 2.86. The fourth-order valence-electron chi connectivity index (χ4n) is 2.53. The standard InChI is InChI=1S/C16H14BrFN4O/c1-8-6-11(14-9(2)21-22(3)15(14)19-8)16(23)20-13-5-4-10(17)7-12(13)18/h4-7H,1-3H3,(H,20,23). The Balaban J connectivity index is 2.07. The van der Waals surface area contributed by atoms with E-state index in [-0.39, 0.29) is 5.69 Å². The number of amides is 1. The number of carbonyl (C=O) groups is 1. The number of benzene rings is 1. The zero-order chi connectivity index (χ0) is 16.7. The Morgan fingerprint density at radius 3 is 2.74 bits per heavy atom. The second-order valence-electron chi connectivity index (χ2n) is 5.30. The van der Waals surface area contributed by atoms with Crippen LogP contribution in [0.4, 0.5) is 10.1 Å². The Morgan fingerprint density at radius 2 is 2.04 bits per heavy atom. The zero-order valence-corrected chi connectivity index (χ0v) is 14.4. The van der Waals surface area contributed by atoms with Crippen LogP contribution in [-0.4, -0.2) is 20.7 Å². The predicted molar refractivity (Wildman–Crippen MR) is 90.0 cm³/mol. The highest BCUT2D eigenvalue weighted by Crippen LogP contribution is 2.24. The van der Waals surface area contributed by atoms with E-state index in [0.717, 1.165) is 0 Å². The van der Waals surface area contributed by atoms with E-state index in [1.807, 2.05) is 6.92 Å². The SMILES string of the molecule is Cc1cc(C(=O)Nc2ccc(Br)cc2F)c2c(C)nn(C)c2n1. The molecule has 0 saturated heterocycles. The van der Waals surface area contributed by atoms with Gasteiger partial charge in [-0.1, -0.05) is 15.9 Å². The molecule has 0 aliphatic carbocycles. The summed E-state index contributed by atoms with van der Waals surface area (Å²) < 4.78 is 16.2. The van der Waals surface area contributed by atoms with Gasteiger partial charge in [-0.2, -0.15) is 5.10 Å². The monoisotopic (exact) mass is 376 g/mol. The van der Waals surface area contributed by atoms with Crippen LogP contribution >= 0.6 is 15.9 Å². The molecule has 0 unspecified atom stereocenters. The summed E-state index contributed by atoms with van der Waals surface area (Å²) in [5.41, 5.74) is 2.59. The molecule has 1 amide bonds. The summed E-state index contributed by atoms with van der Waals surface area (Å²) in [6.45, 7) is 3.62. The average Bonchev–Trinajstić information content (AvgIpc) is 2.76. The number of nitrogens with zero attached hydrogens (tertiary/aromatic N) is 3. The number of aryl methyl sites for hydroxylation is 3. The van der Waals surface area contributed by atoms with Crippen molar-refractivity contribution >= 4 is 38.6 Å². The van der Waals surface area contributed by atoms with Crippen molar-refractivity contribution in [1.82, 2.24) is 14.8 Å². The van der Waals surface area contributed by atoms with Crippen LogP contribution in [0.1, 0.15) is 21.7 Å². The Bertz CT molecular complexity index is 935. The lowest BCUT2D eigenvalue weighted by Gasteiger charge is -2.09.